The van der Waals surface area contributed by atoms with Gasteiger partial charge >= 0.3 is 12.2 Å². The number of hydrogen-bond acceptors (Lipinski definition) is 7. The molecule has 3 aromatic carbocycles. The molecule has 0 saturated heterocycles. The van der Waals surface area contributed by atoms with Gasteiger partial charge in [-0.1, -0.05) is 83.3 Å². The molecule has 0 radical (unpaired) electrons. The number of rotatable bonds is 10. The van der Waals surface area contributed by atoms with E-state index in [1.54, 1.807) is 60.7 Å². The van der Waals surface area contributed by atoms with Crippen molar-refractivity contribution in [2.45, 2.75) is 28.0 Å². The number of sulfonamides is 1. The lowest BCUT2D eigenvalue weighted by molar-refractivity contribution is 0.154. The van der Waals surface area contributed by atoms with Gasteiger partial charge in [0.2, 0.25) is 13.8 Å². The molecule has 14 heteroatoms. The monoisotopic (exact) mass is 640 g/mol. The third-order valence-electron chi connectivity index (χ3n) is 5.54. The fourth-order valence-corrected chi connectivity index (χ4v) is 4.61. The van der Waals surface area contributed by atoms with Crippen LogP contribution in [0.5, 0.6) is 5.75 Å². The zero-order valence-corrected chi connectivity index (χ0v) is 24.6. The highest BCUT2D eigenvalue weighted by atomic mass is 35.6. The second-order valence-electron chi connectivity index (χ2n) is 8.73. The molecule has 0 aromatic heterocycles. The van der Waals surface area contributed by atoms with Crippen LogP contribution in [0.1, 0.15) is 24.0 Å². The van der Waals surface area contributed by atoms with E-state index in [4.69, 9.17) is 54.8 Å². The van der Waals surface area contributed by atoms with E-state index >= 15 is 0 Å². The number of carbonyl (C=O) groups excluding carboxylic acids is 2. The third-order valence-corrected chi connectivity index (χ3v) is 6.84. The molecule has 0 aliphatic rings. The summed E-state index contributed by atoms with van der Waals surface area (Å²) < 4.78 is 32.0. The number of nitrogens with two attached hydrogens (primary N) is 1. The Hall–Kier alpha value is -3.35. The minimum Gasteiger partial charge on any atom is -0.445 e. The van der Waals surface area contributed by atoms with Crippen molar-refractivity contribution in [1.82, 2.24) is 10.6 Å². The van der Waals surface area contributed by atoms with Crippen molar-refractivity contribution in [2.24, 2.45) is 5.14 Å². The van der Waals surface area contributed by atoms with Crippen LogP contribution < -0.4 is 20.5 Å². The number of halogens is 3. The van der Waals surface area contributed by atoms with Gasteiger partial charge in [-0.15, -0.1) is 0 Å². The lowest BCUT2D eigenvalue weighted by Crippen LogP contribution is -2.33. The molecule has 0 aliphatic heterocycles. The number of primary sulfonamides is 1. The highest BCUT2D eigenvalue weighted by molar-refractivity contribution is 7.89. The van der Waals surface area contributed by atoms with Crippen LogP contribution in [0, 0.1) is 5.41 Å². The first-order chi connectivity index (χ1) is 19.3. The smallest absolute Gasteiger partial charge is 0.412 e. The van der Waals surface area contributed by atoms with E-state index in [0.29, 0.717) is 41.8 Å². The summed E-state index contributed by atoms with van der Waals surface area (Å²) in [6, 6.07) is 19.9. The van der Waals surface area contributed by atoms with E-state index in [1.807, 2.05) is 6.07 Å². The average Bonchev–Trinajstić information content (AvgIpc) is 2.91. The number of aryl methyl sites for hydroxylation is 1. The molecule has 0 heterocycles. The van der Waals surface area contributed by atoms with Gasteiger partial charge in [0.25, 0.3) is 0 Å². The van der Waals surface area contributed by atoms with E-state index in [1.165, 1.54) is 6.07 Å². The fourth-order valence-electron chi connectivity index (χ4n) is 3.68. The Bertz CT molecular complexity index is 1500. The van der Waals surface area contributed by atoms with Crippen LogP contribution >= 0.6 is 34.8 Å². The summed E-state index contributed by atoms with van der Waals surface area (Å²) >= 11 is 16.6. The minimum absolute atomic E-state index is 0.00597. The molecule has 218 valence electrons. The highest BCUT2D eigenvalue weighted by Crippen LogP contribution is 2.28. The van der Waals surface area contributed by atoms with Crippen LogP contribution in [0.2, 0.25) is 0 Å². The van der Waals surface area contributed by atoms with Gasteiger partial charge < -0.3 is 14.8 Å². The largest absolute Gasteiger partial charge is 0.445 e. The first-order valence-corrected chi connectivity index (χ1v) is 14.9. The fraction of sp³-hybridized carbons (Fsp3) is 0.222. The molecule has 5 N–H and O–H groups in total. The summed E-state index contributed by atoms with van der Waals surface area (Å²) in [4.78, 5) is 24.0. The molecule has 3 rings (SSSR count). The number of carbonyl (C=O) groups is 2. The van der Waals surface area contributed by atoms with Gasteiger partial charge in [-0.05, 0) is 54.7 Å². The number of amides is 2. The molecule has 0 saturated carbocycles. The van der Waals surface area contributed by atoms with Crippen molar-refractivity contribution in [1.29, 1.82) is 5.41 Å². The first-order valence-electron chi connectivity index (χ1n) is 12.2. The maximum Gasteiger partial charge on any atom is 0.412 e. The number of unbranched alkanes of at least 4 members (excludes halogenated alkanes) is 1. The summed E-state index contributed by atoms with van der Waals surface area (Å²) in [6.45, 7) is -0.0754. The topological polar surface area (TPSA) is 161 Å². The Morgan fingerprint density at radius 3 is 2.32 bits per heavy atom. The maximum absolute atomic E-state index is 12.2. The summed E-state index contributed by atoms with van der Waals surface area (Å²) in [6.07, 6.45) is 0.561. The lowest BCUT2D eigenvalue weighted by atomic mass is 10.0. The van der Waals surface area contributed by atoms with Crippen LogP contribution in [0.25, 0.3) is 11.1 Å². The van der Waals surface area contributed by atoms with E-state index in [9.17, 15) is 18.0 Å². The Labute approximate surface area is 252 Å². The van der Waals surface area contributed by atoms with Crippen LogP contribution in [0.3, 0.4) is 0 Å². The predicted molar refractivity (Wildman–Crippen MR) is 158 cm³/mol. The Balaban J connectivity index is 1.41. The zero-order valence-electron chi connectivity index (χ0n) is 21.5. The van der Waals surface area contributed by atoms with Crippen molar-refractivity contribution in [3.05, 3.63) is 83.9 Å². The Morgan fingerprint density at radius 1 is 0.927 bits per heavy atom. The van der Waals surface area contributed by atoms with Crippen molar-refractivity contribution < 1.29 is 27.5 Å². The van der Waals surface area contributed by atoms with Crippen LogP contribution in [-0.2, 0) is 21.2 Å². The SMILES string of the molecule is N=C(NC(=O)OCC(Cl)(Cl)Cl)c1cccc(CCCCNC(=O)Oc2ccc(-c3ccccc3S(N)(=O)=O)cc2)c1. The molecule has 0 unspecified atom stereocenters. The zero-order chi connectivity index (χ0) is 30.0. The van der Waals surface area contributed by atoms with Gasteiger partial charge in [0.1, 0.15) is 18.2 Å². The van der Waals surface area contributed by atoms with Crippen LogP contribution in [0.15, 0.2) is 77.7 Å². The van der Waals surface area contributed by atoms with Gasteiger partial charge in [-0.3, -0.25) is 10.7 Å². The standard InChI is InChI=1S/C27H27Cl3N4O6S/c28-27(29,30)17-39-26(36)34-24(31)20-8-5-7-18(16-20)6-3-4-15-33-25(35)40-21-13-11-19(12-14-21)22-9-1-2-10-23(22)41(32,37)38/h1-2,5,7-14,16H,3-4,6,15,17H2,(H,33,35)(H2,31,34,36)(H2,32,37,38). The summed E-state index contributed by atoms with van der Waals surface area (Å²) in [7, 11) is -3.90. The van der Waals surface area contributed by atoms with Crippen LogP contribution in [-0.4, -0.2) is 43.4 Å². The maximum atomic E-state index is 12.2. The number of ether oxygens (including phenoxy) is 2. The summed E-state index contributed by atoms with van der Waals surface area (Å²) in [5.41, 5.74) is 2.48. The van der Waals surface area contributed by atoms with Gasteiger partial charge in [0.05, 0.1) is 4.90 Å². The predicted octanol–water partition coefficient (Wildman–Crippen LogP) is 5.53. The molecule has 0 aliphatic carbocycles. The molecule has 3 aromatic rings. The molecule has 0 bridgehead atoms. The highest BCUT2D eigenvalue weighted by Gasteiger charge is 2.22. The number of hydrogen-bond donors (Lipinski definition) is 4. The number of amidine groups is 1. The van der Waals surface area contributed by atoms with Gasteiger partial charge in [-0.2, -0.15) is 0 Å². The van der Waals surface area contributed by atoms with Crippen molar-refractivity contribution in [3.63, 3.8) is 0 Å². The third kappa shape index (κ3) is 10.9. The number of alkyl halides is 3. The van der Waals surface area contributed by atoms with E-state index in [2.05, 4.69) is 10.6 Å². The first kappa shape index (κ1) is 32.2. The lowest BCUT2D eigenvalue weighted by Gasteiger charge is -2.13. The van der Waals surface area contributed by atoms with Crippen molar-refractivity contribution in [3.8, 4) is 16.9 Å². The normalized spacial score (nSPS) is 11.4. The Morgan fingerprint density at radius 2 is 1.63 bits per heavy atom. The van der Waals surface area contributed by atoms with E-state index in [-0.39, 0.29) is 10.7 Å². The molecule has 0 spiro atoms. The van der Waals surface area contributed by atoms with Crippen molar-refractivity contribution in [2.75, 3.05) is 13.2 Å². The van der Waals surface area contributed by atoms with Crippen LogP contribution in [0.4, 0.5) is 9.59 Å². The van der Waals surface area contributed by atoms with E-state index < -0.39 is 32.6 Å². The van der Waals surface area contributed by atoms with Gasteiger partial charge in [-0.25, -0.2) is 23.1 Å². The Kier molecular flexibility index (Phi) is 11.4. The average molecular weight is 642 g/mol. The quantitative estimate of drug-likeness (QED) is 0.0985. The van der Waals surface area contributed by atoms with Crippen molar-refractivity contribution >= 4 is 62.8 Å². The van der Waals surface area contributed by atoms with Gasteiger partial charge in [0.15, 0.2) is 0 Å². The molecule has 0 fully saturated rings. The molecular formula is C27H27Cl3N4O6S. The second-order valence-corrected chi connectivity index (χ2v) is 12.8. The number of alkyl carbamates (subject to hydrolysis) is 1. The molecule has 41 heavy (non-hydrogen) atoms. The van der Waals surface area contributed by atoms with E-state index in [0.717, 1.165) is 12.0 Å². The molecule has 2 amide bonds. The number of nitrogens with one attached hydrogen (secondary N) is 3. The number of benzene rings is 3. The minimum atomic E-state index is -3.90. The molecule has 0 atom stereocenters. The van der Waals surface area contributed by atoms with Gasteiger partial charge in [0, 0.05) is 17.7 Å². The summed E-state index contributed by atoms with van der Waals surface area (Å²) in [5, 5.41) is 18.3. The summed E-state index contributed by atoms with van der Waals surface area (Å²) in [5.74, 6) is 0.135. The second kappa shape index (κ2) is 14.5. The molecule has 10 nitrogen and oxygen atoms in total. The molecular weight excluding hydrogens is 615 g/mol.